The number of carboxylic acid groups (broad SMARTS) is 1. The molecule has 1 saturated carbocycles. The Morgan fingerprint density at radius 1 is 1.20 bits per heavy atom. The molecule has 1 aromatic rings. The second-order valence-corrected chi connectivity index (χ2v) is 5.16. The predicted molar refractivity (Wildman–Crippen MR) is 73.4 cm³/mol. The maximum Gasteiger partial charge on any atom is 0.329 e. The van der Waals surface area contributed by atoms with Crippen LogP contribution in [0.2, 0.25) is 0 Å². The molecule has 0 saturated heterocycles. The van der Waals surface area contributed by atoms with Gasteiger partial charge in [0, 0.05) is 12.0 Å². The Labute approximate surface area is 117 Å². The molecule has 1 aliphatic rings. The minimum Gasteiger partial charge on any atom is -0.480 e. The average Bonchev–Trinajstić information content (AvgIpc) is 2.38. The van der Waals surface area contributed by atoms with E-state index in [2.05, 4.69) is 17.4 Å². The average molecular weight is 277 g/mol. The van der Waals surface area contributed by atoms with Gasteiger partial charge in [0.1, 0.15) is 13.2 Å². The number of hydrogen-bond donors (Lipinski definition) is 2. The van der Waals surface area contributed by atoms with Gasteiger partial charge in [-0.3, -0.25) is 4.79 Å². The van der Waals surface area contributed by atoms with Gasteiger partial charge in [0.05, 0.1) is 0 Å². The van der Waals surface area contributed by atoms with Gasteiger partial charge in [0.2, 0.25) is 5.91 Å². The van der Waals surface area contributed by atoms with Gasteiger partial charge in [-0.1, -0.05) is 36.8 Å². The fraction of sp³-hybridized carbons (Fsp3) is 0.467. The van der Waals surface area contributed by atoms with Gasteiger partial charge >= 0.3 is 5.97 Å². The summed E-state index contributed by atoms with van der Waals surface area (Å²) in [6.07, 6.45) is 3.29. The van der Waals surface area contributed by atoms with Gasteiger partial charge in [-0.2, -0.15) is 0 Å². The van der Waals surface area contributed by atoms with Crippen LogP contribution >= 0.6 is 0 Å². The van der Waals surface area contributed by atoms with Gasteiger partial charge in [0.25, 0.3) is 0 Å². The quantitative estimate of drug-likeness (QED) is 0.788. The molecule has 2 rings (SSSR count). The topological polar surface area (TPSA) is 75.6 Å². The Morgan fingerprint density at radius 3 is 2.45 bits per heavy atom. The van der Waals surface area contributed by atoms with Gasteiger partial charge in [0.15, 0.2) is 0 Å². The molecule has 0 atom stereocenters. The molecule has 0 aliphatic heterocycles. The number of carbonyl (C=O) groups is 2. The zero-order valence-corrected chi connectivity index (χ0v) is 11.3. The van der Waals surface area contributed by atoms with Crippen LogP contribution < -0.4 is 5.32 Å². The van der Waals surface area contributed by atoms with E-state index in [1.54, 1.807) is 0 Å². The number of nitrogens with one attached hydrogen (secondary N) is 1. The van der Waals surface area contributed by atoms with E-state index in [1.165, 1.54) is 12.0 Å². The smallest absolute Gasteiger partial charge is 0.329 e. The Morgan fingerprint density at radius 2 is 1.90 bits per heavy atom. The molecule has 1 amide bonds. The van der Waals surface area contributed by atoms with E-state index in [-0.39, 0.29) is 17.9 Å². The summed E-state index contributed by atoms with van der Waals surface area (Å²) in [6, 6.07) is 10.2. The van der Waals surface area contributed by atoms with Gasteiger partial charge in [-0.15, -0.1) is 0 Å². The summed E-state index contributed by atoms with van der Waals surface area (Å²) >= 11 is 0. The van der Waals surface area contributed by atoms with Crippen LogP contribution in [0.15, 0.2) is 30.3 Å². The monoisotopic (exact) mass is 277 g/mol. The molecule has 1 aliphatic carbocycles. The second-order valence-electron chi connectivity index (χ2n) is 5.16. The van der Waals surface area contributed by atoms with Crippen LogP contribution in [0.5, 0.6) is 0 Å². The summed E-state index contributed by atoms with van der Waals surface area (Å²) in [5.74, 6) is -1.34. The molecule has 0 spiro atoms. The van der Waals surface area contributed by atoms with Crippen molar-refractivity contribution in [1.29, 1.82) is 0 Å². The molecule has 2 N–H and O–H groups in total. The molecule has 5 heteroatoms. The number of rotatable bonds is 7. The van der Waals surface area contributed by atoms with Gasteiger partial charge in [-0.25, -0.2) is 4.79 Å². The van der Waals surface area contributed by atoms with E-state index in [4.69, 9.17) is 9.84 Å². The summed E-state index contributed by atoms with van der Waals surface area (Å²) in [6.45, 7) is -0.0826. The highest BCUT2D eigenvalue weighted by molar-refractivity contribution is 5.77. The summed E-state index contributed by atoms with van der Waals surface area (Å²) in [5, 5.41) is 11.3. The Balaban J connectivity index is 1.82. The number of aliphatic carboxylic acids is 1. The second kappa shape index (κ2) is 6.52. The lowest BCUT2D eigenvalue weighted by Crippen LogP contribution is -2.46. The van der Waals surface area contributed by atoms with Crippen molar-refractivity contribution in [2.24, 2.45) is 0 Å². The van der Waals surface area contributed by atoms with Crippen molar-refractivity contribution in [1.82, 2.24) is 5.32 Å². The molecular weight excluding hydrogens is 258 g/mol. The Kier molecular flexibility index (Phi) is 4.74. The molecule has 0 bridgehead atoms. The Hall–Kier alpha value is -1.88. The molecule has 0 unspecified atom stereocenters. The number of ether oxygens (including phenoxy) is 1. The summed E-state index contributed by atoms with van der Waals surface area (Å²) in [5.41, 5.74) is 1.28. The maximum atomic E-state index is 11.6. The molecule has 1 fully saturated rings. The van der Waals surface area contributed by atoms with Crippen molar-refractivity contribution in [2.45, 2.75) is 24.7 Å². The first-order valence-corrected chi connectivity index (χ1v) is 6.74. The van der Waals surface area contributed by atoms with Gasteiger partial charge in [-0.05, 0) is 18.4 Å². The number of benzene rings is 1. The fourth-order valence-electron chi connectivity index (χ4n) is 2.51. The standard InChI is InChI=1S/C15H19NO4/c17-13(9-20-10-14(18)19)16-11-15(7-4-8-15)12-5-2-1-3-6-12/h1-3,5-6H,4,7-11H2,(H,16,17)(H,18,19). The van der Waals surface area contributed by atoms with Crippen molar-refractivity contribution in [3.63, 3.8) is 0 Å². The normalized spacial score (nSPS) is 16.2. The minimum absolute atomic E-state index is 0.0315. The lowest BCUT2D eigenvalue weighted by Gasteiger charge is -2.42. The van der Waals surface area contributed by atoms with E-state index >= 15 is 0 Å². The molecule has 0 aromatic heterocycles. The van der Waals surface area contributed by atoms with E-state index in [0.717, 1.165) is 12.8 Å². The van der Waals surface area contributed by atoms with Crippen LogP contribution in [0.1, 0.15) is 24.8 Å². The zero-order chi connectivity index (χ0) is 14.4. The lowest BCUT2D eigenvalue weighted by atomic mass is 9.64. The summed E-state index contributed by atoms with van der Waals surface area (Å²) < 4.78 is 4.77. The van der Waals surface area contributed by atoms with E-state index < -0.39 is 12.6 Å². The number of carbonyl (C=O) groups excluding carboxylic acids is 1. The molecule has 0 radical (unpaired) electrons. The molecule has 20 heavy (non-hydrogen) atoms. The third kappa shape index (κ3) is 3.57. The predicted octanol–water partition coefficient (Wildman–Crippen LogP) is 1.33. The van der Waals surface area contributed by atoms with Gasteiger partial charge < -0.3 is 15.2 Å². The number of carboxylic acids is 1. The highest BCUT2D eigenvalue weighted by Gasteiger charge is 2.38. The third-order valence-corrected chi connectivity index (χ3v) is 3.78. The van der Waals surface area contributed by atoms with E-state index in [1.807, 2.05) is 18.2 Å². The van der Waals surface area contributed by atoms with Crippen LogP contribution in [-0.4, -0.2) is 36.7 Å². The van der Waals surface area contributed by atoms with Crippen molar-refractivity contribution in [3.8, 4) is 0 Å². The van der Waals surface area contributed by atoms with Crippen LogP contribution in [0.4, 0.5) is 0 Å². The van der Waals surface area contributed by atoms with E-state index in [9.17, 15) is 9.59 Å². The fourth-order valence-corrected chi connectivity index (χ4v) is 2.51. The highest BCUT2D eigenvalue weighted by atomic mass is 16.5. The molecule has 5 nitrogen and oxygen atoms in total. The van der Waals surface area contributed by atoms with Crippen molar-refractivity contribution >= 4 is 11.9 Å². The number of amides is 1. The first-order valence-electron chi connectivity index (χ1n) is 6.74. The van der Waals surface area contributed by atoms with Crippen LogP contribution in [0.3, 0.4) is 0 Å². The van der Waals surface area contributed by atoms with Crippen molar-refractivity contribution in [2.75, 3.05) is 19.8 Å². The molecular formula is C15H19NO4. The first-order chi connectivity index (χ1) is 9.62. The lowest BCUT2D eigenvalue weighted by molar-refractivity contribution is -0.143. The minimum atomic E-state index is -1.07. The van der Waals surface area contributed by atoms with Crippen molar-refractivity contribution < 1.29 is 19.4 Å². The SMILES string of the molecule is O=C(O)COCC(=O)NCC1(c2ccccc2)CCC1. The third-order valence-electron chi connectivity index (χ3n) is 3.78. The largest absolute Gasteiger partial charge is 0.480 e. The first kappa shape index (κ1) is 14.5. The molecule has 0 heterocycles. The number of hydrogen-bond acceptors (Lipinski definition) is 3. The highest BCUT2D eigenvalue weighted by Crippen LogP contribution is 2.43. The van der Waals surface area contributed by atoms with E-state index in [0.29, 0.717) is 6.54 Å². The Bertz CT molecular complexity index is 468. The van der Waals surface area contributed by atoms with Crippen LogP contribution in [-0.2, 0) is 19.7 Å². The van der Waals surface area contributed by atoms with Crippen LogP contribution in [0.25, 0.3) is 0 Å². The molecule has 108 valence electrons. The summed E-state index contributed by atoms with van der Waals surface area (Å²) in [4.78, 5) is 21.9. The van der Waals surface area contributed by atoms with Crippen molar-refractivity contribution in [3.05, 3.63) is 35.9 Å². The summed E-state index contributed by atoms with van der Waals surface area (Å²) in [7, 11) is 0. The maximum absolute atomic E-state index is 11.6. The van der Waals surface area contributed by atoms with Crippen LogP contribution in [0, 0.1) is 0 Å². The zero-order valence-electron chi connectivity index (χ0n) is 11.3. The molecule has 1 aromatic carbocycles.